The first-order chi connectivity index (χ1) is 7.13. The first-order valence-electron chi connectivity index (χ1n) is 4.98. The molecule has 1 aromatic rings. The monoisotopic (exact) mass is 223 g/mol. The number of carbonyl (C=O) groups excluding carboxylic acids is 1. The molecule has 0 aliphatic rings. The molecule has 2 nitrogen and oxygen atoms in total. The fourth-order valence-corrected chi connectivity index (χ4v) is 1.70. The molecule has 82 valence electrons. The first kappa shape index (κ1) is 12.1. The van der Waals surface area contributed by atoms with Gasteiger partial charge in [-0.05, 0) is 37.4 Å². The van der Waals surface area contributed by atoms with Crippen LogP contribution in [-0.4, -0.2) is 25.6 Å². The predicted octanol–water partition coefficient (Wildman–Crippen LogP) is 2.82. The van der Waals surface area contributed by atoms with E-state index in [2.05, 4.69) is 35.4 Å². The van der Waals surface area contributed by atoms with Crippen molar-refractivity contribution >= 4 is 23.2 Å². The van der Waals surface area contributed by atoms with Crippen molar-refractivity contribution in [1.29, 1.82) is 0 Å². The van der Waals surface area contributed by atoms with Gasteiger partial charge < -0.3 is 4.90 Å². The summed E-state index contributed by atoms with van der Waals surface area (Å²) in [4.78, 5) is 14.2. The van der Waals surface area contributed by atoms with E-state index < -0.39 is 0 Å². The molecular formula is C12H17NOS. The van der Waals surface area contributed by atoms with Crippen LogP contribution in [0.15, 0.2) is 29.2 Å². The Morgan fingerprint density at radius 1 is 1.33 bits per heavy atom. The van der Waals surface area contributed by atoms with Crippen LogP contribution in [0.1, 0.15) is 13.3 Å². The fourth-order valence-electron chi connectivity index (χ4n) is 1.29. The standard InChI is InChI=1S/C12H17NOS/c1-10(14)8-9-13(2)11-4-6-12(15-3)7-5-11/h4-7H,8-9H2,1-3H3. The molecule has 1 rings (SSSR count). The average molecular weight is 223 g/mol. The van der Waals surface area contributed by atoms with Gasteiger partial charge in [-0.1, -0.05) is 0 Å². The normalized spacial score (nSPS) is 10.1. The largest absolute Gasteiger partial charge is 0.374 e. The Morgan fingerprint density at radius 2 is 1.93 bits per heavy atom. The Morgan fingerprint density at radius 3 is 2.40 bits per heavy atom. The molecule has 0 amide bonds. The molecule has 0 bridgehead atoms. The summed E-state index contributed by atoms with van der Waals surface area (Å²) in [6.07, 6.45) is 2.68. The molecule has 3 heteroatoms. The smallest absolute Gasteiger partial charge is 0.131 e. The number of thioether (sulfide) groups is 1. The molecule has 0 unspecified atom stereocenters. The van der Waals surface area contributed by atoms with E-state index in [0.717, 1.165) is 12.2 Å². The average Bonchev–Trinajstić information content (AvgIpc) is 2.26. The van der Waals surface area contributed by atoms with Crippen LogP contribution in [0.25, 0.3) is 0 Å². The van der Waals surface area contributed by atoms with Crippen LogP contribution in [0.4, 0.5) is 5.69 Å². The van der Waals surface area contributed by atoms with E-state index in [-0.39, 0.29) is 5.78 Å². The van der Waals surface area contributed by atoms with Gasteiger partial charge in [0.1, 0.15) is 5.78 Å². The van der Waals surface area contributed by atoms with E-state index in [0.29, 0.717) is 6.42 Å². The molecule has 0 saturated heterocycles. The second-order valence-electron chi connectivity index (χ2n) is 3.57. The van der Waals surface area contributed by atoms with Gasteiger partial charge in [0.05, 0.1) is 0 Å². The highest BCUT2D eigenvalue weighted by Crippen LogP contribution is 2.19. The number of rotatable bonds is 5. The summed E-state index contributed by atoms with van der Waals surface area (Å²) in [6.45, 7) is 2.42. The minimum atomic E-state index is 0.239. The third-order valence-corrected chi connectivity index (χ3v) is 3.06. The van der Waals surface area contributed by atoms with Crippen molar-refractivity contribution in [3.8, 4) is 0 Å². The molecular weight excluding hydrogens is 206 g/mol. The summed E-state index contributed by atoms with van der Waals surface area (Å²) in [5.41, 5.74) is 1.16. The summed E-state index contributed by atoms with van der Waals surface area (Å²) >= 11 is 1.73. The summed E-state index contributed by atoms with van der Waals surface area (Å²) in [6, 6.07) is 8.38. The maximum Gasteiger partial charge on any atom is 0.131 e. The molecule has 0 radical (unpaired) electrons. The van der Waals surface area contributed by atoms with E-state index in [1.54, 1.807) is 18.7 Å². The summed E-state index contributed by atoms with van der Waals surface area (Å²) in [5, 5.41) is 0. The number of carbonyl (C=O) groups is 1. The van der Waals surface area contributed by atoms with Crippen molar-refractivity contribution in [2.75, 3.05) is 24.7 Å². The molecule has 0 aliphatic heterocycles. The van der Waals surface area contributed by atoms with E-state index in [1.165, 1.54) is 4.90 Å². The third-order valence-electron chi connectivity index (χ3n) is 2.31. The Labute approximate surface area is 95.7 Å². The van der Waals surface area contributed by atoms with Gasteiger partial charge in [-0.15, -0.1) is 11.8 Å². The number of ketones is 1. The van der Waals surface area contributed by atoms with Crippen molar-refractivity contribution in [1.82, 2.24) is 0 Å². The lowest BCUT2D eigenvalue weighted by molar-refractivity contribution is -0.116. The third kappa shape index (κ3) is 3.96. The van der Waals surface area contributed by atoms with Crippen molar-refractivity contribution in [3.05, 3.63) is 24.3 Å². The summed E-state index contributed by atoms with van der Waals surface area (Å²) in [7, 11) is 2.01. The second-order valence-corrected chi connectivity index (χ2v) is 4.45. The van der Waals surface area contributed by atoms with Crippen LogP contribution in [0.2, 0.25) is 0 Å². The Bertz CT molecular complexity index is 321. The van der Waals surface area contributed by atoms with Crippen molar-refractivity contribution < 1.29 is 4.79 Å². The molecule has 0 atom stereocenters. The lowest BCUT2D eigenvalue weighted by atomic mass is 10.2. The van der Waals surface area contributed by atoms with Crippen LogP contribution in [0, 0.1) is 0 Å². The lowest BCUT2D eigenvalue weighted by Gasteiger charge is -2.18. The maximum absolute atomic E-state index is 10.8. The fraction of sp³-hybridized carbons (Fsp3) is 0.417. The van der Waals surface area contributed by atoms with Gasteiger partial charge in [0.2, 0.25) is 0 Å². The zero-order valence-electron chi connectivity index (χ0n) is 9.49. The Kier molecular flexibility index (Phi) is 4.69. The Hall–Kier alpha value is -0.960. The number of benzene rings is 1. The molecule has 0 spiro atoms. The van der Waals surface area contributed by atoms with Gasteiger partial charge in [-0.3, -0.25) is 4.79 Å². The molecule has 0 aliphatic carbocycles. The first-order valence-corrected chi connectivity index (χ1v) is 6.20. The predicted molar refractivity (Wildman–Crippen MR) is 66.8 cm³/mol. The molecule has 15 heavy (non-hydrogen) atoms. The quantitative estimate of drug-likeness (QED) is 0.716. The van der Waals surface area contributed by atoms with E-state index in [1.807, 2.05) is 7.05 Å². The number of hydrogen-bond acceptors (Lipinski definition) is 3. The van der Waals surface area contributed by atoms with E-state index >= 15 is 0 Å². The summed E-state index contributed by atoms with van der Waals surface area (Å²) in [5.74, 6) is 0.239. The highest BCUT2D eigenvalue weighted by Gasteiger charge is 2.02. The van der Waals surface area contributed by atoms with E-state index in [9.17, 15) is 4.79 Å². The number of nitrogens with zero attached hydrogens (tertiary/aromatic N) is 1. The number of hydrogen-bond donors (Lipinski definition) is 0. The molecule has 0 heterocycles. The molecule has 0 aromatic heterocycles. The topological polar surface area (TPSA) is 20.3 Å². The van der Waals surface area contributed by atoms with Crippen LogP contribution >= 0.6 is 11.8 Å². The zero-order chi connectivity index (χ0) is 11.3. The number of anilines is 1. The maximum atomic E-state index is 10.8. The van der Waals surface area contributed by atoms with Crippen LogP contribution in [0.3, 0.4) is 0 Å². The highest BCUT2D eigenvalue weighted by molar-refractivity contribution is 7.98. The van der Waals surface area contributed by atoms with Gasteiger partial charge in [0.15, 0.2) is 0 Å². The van der Waals surface area contributed by atoms with Crippen LogP contribution < -0.4 is 4.90 Å². The van der Waals surface area contributed by atoms with Gasteiger partial charge in [0.25, 0.3) is 0 Å². The molecule has 0 saturated carbocycles. The van der Waals surface area contributed by atoms with E-state index in [4.69, 9.17) is 0 Å². The Balaban J connectivity index is 2.57. The number of Topliss-reactive ketones (excluding diaryl/α,β-unsaturated/α-hetero) is 1. The molecule has 0 N–H and O–H groups in total. The molecule has 1 aromatic carbocycles. The lowest BCUT2D eigenvalue weighted by Crippen LogP contribution is -2.20. The second kappa shape index (κ2) is 5.81. The van der Waals surface area contributed by atoms with Crippen LogP contribution in [-0.2, 0) is 4.79 Å². The van der Waals surface area contributed by atoms with Crippen LogP contribution in [0.5, 0.6) is 0 Å². The minimum Gasteiger partial charge on any atom is -0.374 e. The van der Waals surface area contributed by atoms with Crippen molar-refractivity contribution in [3.63, 3.8) is 0 Å². The van der Waals surface area contributed by atoms with Gasteiger partial charge in [-0.25, -0.2) is 0 Å². The zero-order valence-corrected chi connectivity index (χ0v) is 10.3. The van der Waals surface area contributed by atoms with Gasteiger partial charge in [-0.2, -0.15) is 0 Å². The van der Waals surface area contributed by atoms with Crippen molar-refractivity contribution in [2.45, 2.75) is 18.2 Å². The summed E-state index contributed by atoms with van der Waals surface area (Å²) < 4.78 is 0. The van der Waals surface area contributed by atoms with Gasteiger partial charge in [0, 0.05) is 30.6 Å². The molecule has 0 fully saturated rings. The minimum absolute atomic E-state index is 0.239. The van der Waals surface area contributed by atoms with Gasteiger partial charge >= 0.3 is 0 Å². The highest BCUT2D eigenvalue weighted by atomic mass is 32.2. The SMILES string of the molecule is CSc1ccc(N(C)CCC(C)=O)cc1. The van der Waals surface area contributed by atoms with Crippen molar-refractivity contribution in [2.24, 2.45) is 0 Å².